The molecule has 116 valence electrons. The molecule has 4 nitrogen and oxygen atoms in total. The van der Waals surface area contributed by atoms with Crippen molar-refractivity contribution in [2.24, 2.45) is 0 Å². The summed E-state index contributed by atoms with van der Waals surface area (Å²) in [7, 11) is 1.94. The van der Waals surface area contributed by atoms with Gasteiger partial charge in [-0.15, -0.1) is 36.2 Å². The van der Waals surface area contributed by atoms with Crippen LogP contribution in [0.3, 0.4) is 0 Å². The fraction of sp³-hybridized carbons (Fsp3) is 0.692. The molecule has 1 N–H and O–H groups in total. The summed E-state index contributed by atoms with van der Waals surface area (Å²) in [4.78, 5) is 19.5. The summed E-state index contributed by atoms with van der Waals surface area (Å²) in [6.45, 7) is 3.89. The normalized spacial score (nSPS) is 17.5. The van der Waals surface area contributed by atoms with Gasteiger partial charge in [-0.05, 0) is 32.7 Å². The Kier molecular flexibility index (Phi) is 9.38. The molecule has 1 fully saturated rings. The van der Waals surface area contributed by atoms with Crippen LogP contribution in [0.4, 0.5) is 0 Å². The van der Waals surface area contributed by atoms with Crippen LogP contribution >= 0.6 is 36.2 Å². The first-order valence-corrected chi connectivity index (χ1v) is 7.48. The van der Waals surface area contributed by atoms with E-state index in [1.165, 1.54) is 0 Å². The van der Waals surface area contributed by atoms with E-state index in [0.29, 0.717) is 6.04 Å². The van der Waals surface area contributed by atoms with Crippen molar-refractivity contribution in [1.82, 2.24) is 15.2 Å². The number of aromatic nitrogens is 1. The summed E-state index contributed by atoms with van der Waals surface area (Å²) in [5.74, 6) is 0.160. The maximum Gasteiger partial charge on any atom is 0.265 e. The Balaban J connectivity index is 0.00000180. The second-order valence-corrected chi connectivity index (χ2v) is 5.84. The number of nitrogens with one attached hydrogen (secondary N) is 1. The largest absolute Gasteiger partial charge is 0.334 e. The van der Waals surface area contributed by atoms with Crippen LogP contribution in [0.15, 0.2) is 6.20 Å². The summed E-state index contributed by atoms with van der Waals surface area (Å²) in [6, 6.07) is 0.347. The maximum absolute atomic E-state index is 12.4. The Bertz CT molecular complexity index is 414. The average molecular weight is 340 g/mol. The lowest BCUT2D eigenvalue weighted by atomic mass is 10.2. The number of hydrogen-bond acceptors (Lipinski definition) is 4. The Hall–Kier alpha value is -0.360. The molecule has 7 heteroatoms. The third-order valence-electron chi connectivity index (χ3n) is 3.31. The van der Waals surface area contributed by atoms with E-state index < -0.39 is 0 Å². The molecule has 1 aromatic rings. The molecule has 1 aliphatic heterocycles. The first-order valence-electron chi connectivity index (χ1n) is 6.66. The predicted octanol–water partition coefficient (Wildman–Crippen LogP) is 2.76. The Morgan fingerprint density at radius 2 is 2.30 bits per heavy atom. The molecular weight excluding hydrogens is 317 g/mol. The zero-order valence-corrected chi connectivity index (χ0v) is 14.4. The second-order valence-electron chi connectivity index (χ2n) is 4.72. The third-order valence-corrected chi connectivity index (χ3v) is 4.35. The minimum absolute atomic E-state index is 0. The molecule has 1 aromatic heterocycles. The van der Waals surface area contributed by atoms with Crippen molar-refractivity contribution in [2.75, 3.05) is 20.1 Å². The van der Waals surface area contributed by atoms with Crippen molar-refractivity contribution in [3.05, 3.63) is 16.1 Å². The number of likely N-dealkylation sites (tertiary alicyclic amines) is 1. The van der Waals surface area contributed by atoms with Crippen LogP contribution in [-0.4, -0.2) is 42.0 Å². The monoisotopic (exact) mass is 339 g/mol. The standard InChI is InChI=1S/C13H21N3OS.2ClH/c1-3-5-12-15-9-11(18-12)13(17)16-7-4-6-10(16)8-14-2;;/h9-10,14H,3-8H2,1-2H3;2*1H. The van der Waals surface area contributed by atoms with E-state index in [2.05, 4.69) is 17.2 Å². The molecule has 0 aliphatic carbocycles. The summed E-state index contributed by atoms with van der Waals surface area (Å²) < 4.78 is 0. The van der Waals surface area contributed by atoms with Gasteiger partial charge in [0.1, 0.15) is 4.88 Å². The highest BCUT2D eigenvalue weighted by Crippen LogP contribution is 2.23. The van der Waals surface area contributed by atoms with Crippen molar-refractivity contribution in [3.63, 3.8) is 0 Å². The number of hydrogen-bond donors (Lipinski definition) is 1. The second kappa shape index (κ2) is 9.55. The number of carbonyl (C=O) groups excluding carboxylic acids is 1. The molecule has 0 spiro atoms. The lowest BCUT2D eigenvalue weighted by Gasteiger charge is -2.23. The van der Waals surface area contributed by atoms with Gasteiger partial charge in [-0.1, -0.05) is 6.92 Å². The first kappa shape index (κ1) is 19.6. The van der Waals surface area contributed by atoms with Gasteiger partial charge in [-0.2, -0.15) is 0 Å². The maximum atomic E-state index is 12.4. The molecule has 0 aromatic carbocycles. The van der Waals surface area contributed by atoms with Crippen LogP contribution in [0.1, 0.15) is 40.9 Å². The molecular formula is C13H23Cl2N3OS. The van der Waals surface area contributed by atoms with Gasteiger partial charge in [-0.25, -0.2) is 4.98 Å². The fourth-order valence-corrected chi connectivity index (χ4v) is 3.41. The quantitative estimate of drug-likeness (QED) is 0.896. The average Bonchev–Trinajstić information content (AvgIpc) is 2.98. The van der Waals surface area contributed by atoms with Crippen molar-refractivity contribution >= 4 is 42.1 Å². The Morgan fingerprint density at radius 3 is 2.95 bits per heavy atom. The molecule has 1 aliphatic rings. The molecule has 0 saturated carbocycles. The van der Waals surface area contributed by atoms with E-state index >= 15 is 0 Å². The van der Waals surface area contributed by atoms with E-state index in [0.717, 1.165) is 48.7 Å². The number of amides is 1. The Morgan fingerprint density at radius 1 is 1.55 bits per heavy atom. The summed E-state index contributed by atoms with van der Waals surface area (Å²) in [5.41, 5.74) is 0. The first-order chi connectivity index (χ1) is 8.76. The molecule has 0 bridgehead atoms. The van der Waals surface area contributed by atoms with E-state index in [9.17, 15) is 4.79 Å². The van der Waals surface area contributed by atoms with Gasteiger partial charge < -0.3 is 10.2 Å². The van der Waals surface area contributed by atoms with Gasteiger partial charge in [0.05, 0.1) is 11.2 Å². The highest BCUT2D eigenvalue weighted by molar-refractivity contribution is 7.13. The predicted molar refractivity (Wildman–Crippen MR) is 88.6 cm³/mol. The zero-order valence-electron chi connectivity index (χ0n) is 11.9. The van der Waals surface area contributed by atoms with E-state index in [1.807, 2.05) is 11.9 Å². The van der Waals surface area contributed by atoms with Gasteiger partial charge in [0.15, 0.2) is 0 Å². The molecule has 1 amide bonds. The molecule has 0 radical (unpaired) electrons. The summed E-state index contributed by atoms with van der Waals surface area (Å²) in [5, 5.41) is 4.24. The minimum Gasteiger partial charge on any atom is -0.334 e. The van der Waals surface area contributed by atoms with Crippen LogP contribution in [0, 0.1) is 0 Å². The minimum atomic E-state index is 0. The summed E-state index contributed by atoms with van der Waals surface area (Å²) >= 11 is 1.55. The lowest BCUT2D eigenvalue weighted by molar-refractivity contribution is 0.0741. The smallest absolute Gasteiger partial charge is 0.265 e. The van der Waals surface area contributed by atoms with E-state index in [4.69, 9.17) is 0 Å². The van der Waals surface area contributed by atoms with Crippen molar-refractivity contribution in [2.45, 2.75) is 38.6 Å². The highest BCUT2D eigenvalue weighted by Gasteiger charge is 2.29. The molecule has 2 heterocycles. The van der Waals surface area contributed by atoms with Gasteiger partial charge >= 0.3 is 0 Å². The number of carbonyl (C=O) groups is 1. The van der Waals surface area contributed by atoms with Crippen LogP contribution < -0.4 is 5.32 Å². The molecule has 2 rings (SSSR count). The zero-order chi connectivity index (χ0) is 13.0. The van der Waals surface area contributed by atoms with Crippen LogP contribution in [0.2, 0.25) is 0 Å². The molecule has 1 unspecified atom stereocenters. The van der Waals surface area contributed by atoms with Crippen molar-refractivity contribution < 1.29 is 4.79 Å². The third kappa shape index (κ3) is 4.58. The number of aryl methyl sites for hydroxylation is 1. The number of rotatable bonds is 5. The number of halogens is 2. The van der Waals surface area contributed by atoms with Crippen LogP contribution in [0.5, 0.6) is 0 Å². The number of nitrogens with zero attached hydrogens (tertiary/aromatic N) is 2. The SMILES string of the molecule is CCCc1ncc(C(=O)N2CCCC2CNC)s1.Cl.Cl. The van der Waals surface area contributed by atoms with E-state index in [1.54, 1.807) is 17.5 Å². The van der Waals surface area contributed by atoms with Gasteiger partial charge in [0, 0.05) is 19.1 Å². The summed E-state index contributed by atoms with van der Waals surface area (Å²) in [6.07, 6.45) is 6.00. The van der Waals surface area contributed by atoms with Crippen molar-refractivity contribution in [3.8, 4) is 0 Å². The van der Waals surface area contributed by atoms with E-state index in [-0.39, 0.29) is 30.7 Å². The topological polar surface area (TPSA) is 45.2 Å². The number of thiazole rings is 1. The molecule has 20 heavy (non-hydrogen) atoms. The lowest BCUT2D eigenvalue weighted by Crippen LogP contribution is -2.40. The molecule has 1 saturated heterocycles. The highest BCUT2D eigenvalue weighted by atomic mass is 35.5. The van der Waals surface area contributed by atoms with Crippen molar-refractivity contribution in [1.29, 1.82) is 0 Å². The number of likely N-dealkylation sites (N-methyl/N-ethyl adjacent to an activating group) is 1. The van der Waals surface area contributed by atoms with Crippen LogP contribution in [-0.2, 0) is 6.42 Å². The van der Waals surface area contributed by atoms with Gasteiger partial charge in [0.2, 0.25) is 0 Å². The van der Waals surface area contributed by atoms with Crippen LogP contribution in [0.25, 0.3) is 0 Å². The van der Waals surface area contributed by atoms with Gasteiger partial charge in [-0.3, -0.25) is 4.79 Å². The van der Waals surface area contributed by atoms with Gasteiger partial charge in [0.25, 0.3) is 5.91 Å². The Labute approximate surface area is 137 Å². The fourth-order valence-electron chi connectivity index (χ4n) is 2.43. The molecule has 1 atom stereocenters.